The van der Waals surface area contributed by atoms with Gasteiger partial charge in [0.15, 0.2) is 4.34 Å². The summed E-state index contributed by atoms with van der Waals surface area (Å²) in [5.74, 6) is 0.791. The van der Waals surface area contributed by atoms with Crippen LogP contribution in [-0.2, 0) is 14.3 Å². The van der Waals surface area contributed by atoms with Gasteiger partial charge in [-0.3, -0.25) is 9.59 Å². The van der Waals surface area contributed by atoms with Gasteiger partial charge in [-0.15, -0.1) is 22.0 Å². The van der Waals surface area contributed by atoms with E-state index in [0.717, 1.165) is 15.2 Å². The maximum atomic E-state index is 12.2. The van der Waals surface area contributed by atoms with E-state index in [0.29, 0.717) is 18.8 Å². The average molecular weight is 348 g/mol. The topological polar surface area (TPSA) is 84.4 Å². The van der Waals surface area contributed by atoms with Crippen LogP contribution in [0.4, 0.5) is 5.13 Å². The molecule has 0 aromatic carbocycles. The number of hydrogen-bond donors (Lipinski definition) is 1. The number of carbonyl (C=O) groups is 2. The first-order valence-electron chi connectivity index (χ1n) is 6.25. The maximum absolute atomic E-state index is 12.2. The monoisotopic (exact) mass is 348 g/mol. The molecule has 1 aliphatic rings. The van der Waals surface area contributed by atoms with Crippen molar-refractivity contribution in [3.05, 3.63) is 0 Å². The van der Waals surface area contributed by atoms with E-state index in [1.165, 1.54) is 42.0 Å². The number of nitrogens with zero attached hydrogens (tertiary/aromatic N) is 3. The van der Waals surface area contributed by atoms with E-state index >= 15 is 0 Å². The second-order valence-corrected chi connectivity index (χ2v) is 7.64. The molecule has 1 fully saturated rings. The lowest BCUT2D eigenvalue weighted by Crippen LogP contribution is -2.45. The van der Waals surface area contributed by atoms with Crippen LogP contribution in [0.3, 0.4) is 0 Å². The van der Waals surface area contributed by atoms with Gasteiger partial charge in [0, 0.05) is 25.9 Å². The van der Waals surface area contributed by atoms with E-state index in [4.69, 9.17) is 4.74 Å². The number of nitrogens with one attached hydrogen (secondary N) is 1. The standard InChI is InChI=1S/C11H16N4O3S3/c1-12-10-13-14-11(21-10)20-6-8(16)15-3-4-19-7(5-15)9(17)18-2/h7H,3-6H2,1-2H3,(H,12,13)/t7-/m1/s1. The zero-order valence-corrected chi connectivity index (χ0v) is 14.1. The molecule has 21 heavy (non-hydrogen) atoms. The van der Waals surface area contributed by atoms with Crippen molar-refractivity contribution in [1.29, 1.82) is 0 Å². The van der Waals surface area contributed by atoms with Crippen LogP contribution in [0, 0.1) is 0 Å². The highest BCUT2D eigenvalue weighted by molar-refractivity contribution is 8.01. The molecule has 1 saturated heterocycles. The summed E-state index contributed by atoms with van der Waals surface area (Å²) < 4.78 is 5.49. The maximum Gasteiger partial charge on any atom is 0.320 e. The molecule has 0 spiro atoms. The van der Waals surface area contributed by atoms with Crippen LogP contribution in [0.2, 0.25) is 0 Å². The predicted molar refractivity (Wildman–Crippen MR) is 85.0 cm³/mol. The van der Waals surface area contributed by atoms with Gasteiger partial charge >= 0.3 is 5.97 Å². The Bertz CT molecular complexity index is 511. The summed E-state index contributed by atoms with van der Waals surface area (Å²) in [6.07, 6.45) is 0. The molecule has 0 unspecified atom stereocenters. The van der Waals surface area contributed by atoms with E-state index in [2.05, 4.69) is 15.5 Å². The number of methoxy groups -OCH3 is 1. The zero-order valence-electron chi connectivity index (χ0n) is 11.7. The fourth-order valence-electron chi connectivity index (χ4n) is 1.73. The van der Waals surface area contributed by atoms with Crippen LogP contribution in [0.15, 0.2) is 4.34 Å². The minimum atomic E-state index is -0.282. The van der Waals surface area contributed by atoms with Gasteiger partial charge in [-0.05, 0) is 0 Å². The number of rotatable bonds is 5. The molecule has 0 saturated carbocycles. The lowest BCUT2D eigenvalue weighted by molar-refractivity contribution is -0.141. The molecule has 116 valence electrons. The van der Waals surface area contributed by atoms with Gasteiger partial charge in [-0.1, -0.05) is 23.1 Å². The van der Waals surface area contributed by atoms with Crippen molar-refractivity contribution >= 4 is 51.9 Å². The van der Waals surface area contributed by atoms with Crippen LogP contribution in [0.1, 0.15) is 0 Å². The molecule has 1 aromatic rings. The average Bonchev–Trinajstić information content (AvgIpc) is 3.00. The van der Waals surface area contributed by atoms with Crippen LogP contribution < -0.4 is 5.32 Å². The fourth-order valence-corrected chi connectivity index (χ4v) is 4.47. The lowest BCUT2D eigenvalue weighted by Gasteiger charge is -2.30. The molecular weight excluding hydrogens is 332 g/mol. The molecule has 1 N–H and O–H groups in total. The molecule has 1 amide bonds. The highest BCUT2D eigenvalue weighted by atomic mass is 32.2. The Morgan fingerprint density at radius 1 is 1.52 bits per heavy atom. The van der Waals surface area contributed by atoms with E-state index in [1.807, 2.05) is 0 Å². The number of aromatic nitrogens is 2. The Morgan fingerprint density at radius 2 is 2.33 bits per heavy atom. The quantitative estimate of drug-likeness (QED) is 0.618. The van der Waals surface area contributed by atoms with Gasteiger partial charge in [0.1, 0.15) is 5.25 Å². The fraction of sp³-hybridized carbons (Fsp3) is 0.636. The van der Waals surface area contributed by atoms with Gasteiger partial charge in [-0.2, -0.15) is 0 Å². The number of ether oxygens (including phenoxy) is 1. The predicted octanol–water partition coefficient (Wildman–Crippen LogP) is 0.789. The van der Waals surface area contributed by atoms with Crippen molar-refractivity contribution in [2.45, 2.75) is 9.59 Å². The summed E-state index contributed by atoms with van der Waals surface area (Å²) >= 11 is 4.31. The van der Waals surface area contributed by atoms with Crippen LogP contribution in [-0.4, -0.2) is 71.0 Å². The second-order valence-electron chi connectivity index (χ2n) is 4.13. The first-order chi connectivity index (χ1) is 10.1. The number of esters is 1. The van der Waals surface area contributed by atoms with E-state index in [-0.39, 0.29) is 17.1 Å². The Hall–Kier alpha value is -1.00. The van der Waals surface area contributed by atoms with Crippen molar-refractivity contribution in [2.75, 3.05) is 44.1 Å². The summed E-state index contributed by atoms with van der Waals surface area (Å²) in [5, 5.41) is 11.2. The van der Waals surface area contributed by atoms with Gasteiger partial charge < -0.3 is 15.0 Å². The summed E-state index contributed by atoms with van der Waals surface area (Å²) in [6.45, 7) is 1.07. The molecule has 10 heteroatoms. The molecule has 2 rings (SSSR count). The van der Waals surface area contributed by atoms with Gasteiger partial charge in [0.05, 0.1) is 12.9 Å². The van der Waals surface area contributed by atoms with E-state index in [1.54, 1.807) is 11.9 Å². The van der Waals surface area contributed by atoms with Crippen molar-refractivity contribution in [3.63, 3.8) is 0 Å². The first-order valence-corrected chi connectivity index (χ1v) is 9.10. The third-order valence-electron chi connectivity index (χ3n) is 2.82. The second kappa shape index (κ2) is 7.85. The van der Waals surface area contributed by atoms with Crippen LogP contribution in [0.25, 0.3) is 0 Å². The Labute approximate surface area is 135 Å². The number of amides is 1. The molecule has 0 bridgehead atoms. The van der Waals surface area contributed by atoms with Crippen LogP contribution >= 0.6 is 34.9 Å². The highest BCUT2D eigenvalue weighted by Gasteiger charge is 2.29. The minimum Gasteiger partial charge on any atom is -0.468 e. The van der Waals surface area contributed by atoms with Gasteiger partial charge in [0.2, 0.25) is 11.0 Å². The summed E-state index contributed by atoms with van der Waals surface area (Å²) in [7, 11) is 3.15. The van der Waals surface area contributed by atoms with Gasteiger partial charge in [-0.25, -0.2) is 0 Å². The molecular formula is C11H16N4O3S3. The molecule has 1 aromatic heterocycles. The van der Waals surface area contributed by atoms with Crippen molar-refractivity contribution in [2.24, 2.45) is 0 Å². The number of hydrogen-bond acceptors (Lipinski definition) is 9. The molecule has 1 aliphatic heterocycles. The minimum absolute atomic E-state index is 0.00964. The smallest absolute Gasteiger partial charge is 0.320 e. The largest absolute Gasteiger partial charge is 0.468 e. The highest BCUT2D eigenvalue weighted by Crippen LogP contribution is 2.26. The lowest BCUT2D eigenvalue weighted by atomic mass is 10.3. The Morgan fingerprint density at radius 3 is 3.00 bits per heavy atom. The molecule has 0 radical (unpaired) electrons. The van der Waals surface area contributed by atoms with Gasteiger partial charge in [0.25, 0.3) is 0 Å². The summed E-state index contributed by atoms with van der Waals surface area (Å²) in [4.78, 5) is 25.4. The Kier molecular flexibility index (Phi) is 6.12. The number of anilines is 1. The molecule has 2 heterocycles. The third kappa shape index (κ3) is 4.48. The van der Waals surface area contributed by atoms with Crippen molar-refractivity contribution in [1.82, 2.24) is 15.1 Å². The third-order valence-corrected chi connectivity index (χ3v) is 6.04. The summed E-state index contributed by atoms with van der Waals surface area (Å²) in [5.41, 5.74) is 0. The van der Waals surface area contributed by atoms with E-state index < -0.39 is 0 Å². The normalized spacial score (nSPS) is 18.4. The van der Waals surface area contributed by atoms with E-state index in [9.17, 15) is 9.59 Å². The van der Waals surface area contributed by atoms with Crippen molar-refractivity contribution < 1.29 is 14.3 Å². The van der Waals surface area contributed by atoms with Crippen LogP contribution in [0.5, 0.6) is 0 Å². The molecule has 1 atom stereocenters. The first kappa shape index (κ1) is 16.4. The zero-order chi connectivity index (χ0) is 15.2. The molecule has 7 nitrogen and oxygen atoms in total. The summed E-state index contributed by atoms with van der Waals surface area (Å²) in [6, 6.07) is 0. The Balaban J connectivity index is 1.83. The SMILES string of the molecule is CNc1nnc(SCC(=O)N2CCS[C@@H](C(=O)OC)C2)s1. The number of carbonyl (C=O) groups excluding carboxylic acids is 2. The number of thioether (sulfide) groups is 2. The van der Waals surface area contributed by atoms with Crippen molar-refractivity contribution in [3.8, 4) is 0 Å². The molecule has 0 aliphatic carbocycles.